The van der Waals surface area contributed by atoms with E-state index in [1.165, 1.54) is 7.11 Å². The SMILES string of the molecule is COC(=O)[C@@H](NC(CC(=O)/C=C/c1ccccc1)c1ccccc1)C(C)C. The molecule has 2 rings (SSSR count). The Bertz CT molecular complexity index is 754. The monoisotopic (exact) mass is 365 g/mol. The largest absolute Gasteiger partial charge is 0.468 e. The predicted octanol–water partition coefficient (Wildman–Crippen LogP) is 4.19. The molecule has 4 nitrogen and oxygen atoms in total. The molecular weight excluding hydrogens is 338 g/mol. The maximum atomic E-state index is 12.5. The minimum Gasteiger partial charge on any atom is -0.468 e. The summed E-state index contributed by atoms with van der Waals surface area (Å²) < 4.78 is 4.92. The number of esters is 1. The number of ether oxygens (including phenoxy) is 1. The van der Waals surface area contributed by atoms with Gasteiger partial charge in [0.1, 0.15) is 6.04 Å². The molecule has 0 bridgehead atoms. The number of ketones is 1. The van der Waals surface area contributed by atoms with Crippen LogP contribution < -0.4 is 5.32 Å². The van der Waals surface area contributed by atoms with Crippen LogP contribution >= 0.6 is 0 Å². The Morgan fingerprint density at radius 2 is 1.59 bits per heavy atom. The highest BCUT2D eigenvalue weighted by molar-refractivity contribution is 5.94. The molecule has 4 heteroatoms. The molecule has 2 aromatic carbocycles. The Kier molecular flexibility index (Phi) is 7.96. The fraction of sp³-hybridized carbons (Fsp3) is 0.304. The predicted molar refractivity (Wildman–Crippen MR) is 108 cm³/mol. The van der Waals surface area contributed by atoms with Crippen molar-refractivity contribution >= 4 is 17.8 Å². The molecular formula is C23H27NO3. The second-order valence-corrected chi connectivity index (χ2v) is 6.79. The molecule has 0 aliphatic carbocycles. The van der Waals surface area contributed by atoms with Crippen LogP contribution in [-0.4, -0.2) is 24.9 Å². The zero-order chi connectivity index (χ0) is 19.6. The van der Waals surface area contributed by atoms with Crippen molar-refractivity contribution in [3.05, 3.63) is 77.9 Å². The second-order valence-electron chi connectivity index (χ2n) is 6.79. The first kappa shape index (κ1) is 20.6. The van der Waals surface area contributed by atoms with Crippen molar-refractivity contribution in [1.29, 1.82) is 0 Å². The van der Waals surface area contributed by atoms with Crippen molar-refractivity contribution < 1.29 is 14.3 Å². The van der Waals surface area contributed by atoms with Gasteiger partial charge in [0.05, 0.1) is 7.11 Å². The number of carbonyl (C=O) groups excluding carboxylic acids is 2. The molecule has 2 atom stereocenters. The van der Waals surface area contributed by atoms with Gasteiger partial charge in [0.15, 0.2) is 5.78 Å². The molecule has 142 valence electrons. The van der Waals surface area contributed by atoms with E-state index < -0.39 is 6.04 Å². The average Bonchev–Trinajstić information content (AvgIpc) is 2.70. The van der Waals surface area contributed by atoms with Crippen LogP contribution in [0.1, 0.15) is 37.4 Å². The van der Waals surface area contributed by atoms with Crippen molar-refractivity contribution in [2.45, 2.75) is 32.4 Å². The quantitative estimate of drug-likeness (QED) is 0.535. The van der Waals surface area contributed by atoms with Crippen molar-refractivity contribution in [3.8, 4) is 0 Å². The molecule has 1 N–H and O–H groups in total. The number of nitrogens with one attached hydrogen (secondary N) is 1. The van der Waals surface area contributed by atoms with Crippen LogP contribution in [0.2, 0.25) is 0 Å². The van der Waals surface area contributed by atoms with Crippen LogP contribution in [0.15, 0.2) is 66.7 Å². The lowest BCUT2D eigenvalue weighted by atomic mass is 9.97. The summed E-state index contributed by atoms with van der Waals surface area (Å²) >= 11 is 0. The number of rotatable bonds is 9. The summed E-state index contributed by atoms with van der Waals surface area (Å²) in [6, 6.07) is 18.6. The summed E-state index contributed by atoms with van der Waals surface area (Å²) in [5, 5.41) is 3.32. The Balaban J connectivity index is 2.16. The first-order valence-corrected chi connectivity index (χ1v) is 9.16. The molecule has 0 fully saturated rings. The highest BCUT2D eigenvalue weighted by Crippen LogP contribution is 2.20. The molecule has 0 spiro atoms. The third-order valence-corrected chi connectivity index (χ3v) is 4.37. The molecule has 27 heavy (non-hydrogen) atoms. The van der Waals surface area contributed by atoms with E-state index in [0.29, 0.717) is 0 Å². The number of benzene rings is 2. The minimum absolute atomic E-state index is 0.00687. The van der Waals surface area contributed by atoms with Gasteiger partial charge in [-0.1, -0.05) is 80.6 Å². The van der Waals surface area contributed by atoms with Gasteiger partial charge < -0.3 is 4.74 Å². The third kappa shape index (κ3) is 6.50. The standard InChI is InChI=1S/C23H27NO3/c1-17(2)22(23(26)27-3)24-21(19-12-8-5-9-13-19)16-20(25)15-14-18-10-6-4-7-11-18/h4-15,17,21-22,24H,16H2,1-3H3/b15-14+/t21?,22-/m0/s1. The number of methoxy groups -OCH3 is 1. The Labute approximate surface area is 161 Å². The van der Waals surface area contributed by atoms with Gasteiger partial charge >= 0.3 is 5.97 Å². The number of allylic oxidation sites excluding steroid dienone is 1. The van der Waals surface area contributed by atoms with Crippen LogP contribution in [0.4, 0.5) is 0 Å². The number of carbonyl (C=O) groups is 2. The lowest BCUT2D eigenvalue weighted by Gasteiger charge is -2.26. The molecule has 1 unspecified atom stereocenters. The van der Waals surface area contributed by atoms with E-state index in [-0.39, 0.29) is 30.1 Å². The Morgan fingerprint density at radius 1 is 1.00 bits per heavy atom. The van der Waals surface area contributed by atoms with E-state index in [2.05, 4.69) is 5.32 Å². The van der Waals surface area contributed by atoms with Gasteiger partial charge in [-0.25, -0.2) is 0 Å². The summed E-state index contributed by atoms with van der Waals surface area (Å²) in [5.74, 6) is -0.288. The van der Waals surface area contributed by atoms with Crippen molar-refractivity contribution in [2.75, 3.05) is 7.11 Å². The van der Waals surface area contributed by atoms with Crippen molar-refractivity contribution in [2.24, 2.45) is 5.92 Å². The van der Waals surface area contributed by atoms with Gasteiger partial charge in [-0.2, -0.15) is 0 Å². The summed E-state index contributed by atoms with van der Waals surface area (Å²) in [6.07, 6.45) is 3.66. The van der Waals surface area contributed by atoms with E-state index in [4.69, 9.17) is 4.74 Å². The van der Waals surface area contributed by atoms with E-state index in [1.807, 2.05) is 80.6 Å². The van der Waals surface area contributed by atoms with Crippen LogP contribution in [0, 0.1) is 5.92 Å². The zero-order valence-corrected chi connectivity index (χ0v) is 16.1. The molecule has 0 heterocycles. The molecule has 0 aromatic heterocycles. The molecule has 0 radical (unpaired) electrons. The molecule has 0 aliphatic rings. The smallest absolute Gasteiger partial charge is 0.323 e. The fourth-order valence-electron chi connectivity index (χ4n) is 2.86. The minimum atomic E-state index is -0.480. The topological polar surface area (TPSA) is 55.4 Å². The van der Waals surface area contributed by atoms with E-state index >= 15 is 0 Å². The van der Waals surface area contributed by atoms with Crippen LogP contribution in [-0.2, 0) is 14.3 Å². The van der Waals surface area contributed by atoms with E-state index in [1.54, 1.807) is 6.08 Å². The molecule has 0 aliphatic heterocycles. The maximum Gasteiger partial charge on any atom is 0.323 e. The molecule has 2 aromatic rings. The summed E-state index contributed by atoms with van der Waals surface area (Å²) in [7, 11) is 1.38. The zero-order valence-electron chi connectivity index (χ0n) is 16.1. The lowest BCUT2D eigenvalue weighted by Crippen LogP contribution is -2.44. The first-order chi connectivity index (χ1) is 13.0. The van der Waals surface area contributed by atoms with E-state index in [0.717, 1.165) is 11.1 Å². The highest BCUT2D eigenvalue weighted by atomic mass is 16.5. The normalized spacial score (nSPS) is 13.5. The fourth-order valence-corrected chi connectivity index (χ4v) is 2.86. The van der Waals surface area contributed by atoms with Crippen molar-refractivity contribution in [3.63, 3.8) is 0 Å². The molecule has 0 amide bonds. The maximum absolute atomic E-state index is 12.5. The van der Waals surface area contributed by atoms with Crippen molar-refractivity contribution in [1.82, 2.24) is 5.32 Å². The van der Waals surface area contributed by atoms with Gasteiger partial charge in [-0.15, -0.1) is 0 Å². The Morgan fingerprint density at radius 3 is 2.15 bits per heavy atom. The summed E-state index contributed by atoms with van der Waals surface area (Å²) in [5.41, 5.74) is 1.94. The second kappa shape index (κ2) is 10.4. The van der Waals surface area contributed by atoms with Gasteiger partial charge in [0.2, 0.25) is 0 Å². The van der Waals surface area contributed by atoms with Gasteiger partial charge in [0.25, 0.3) is 0 Å². The van der Waals surface area contributed by atoms with E-state index in [9.17, 15) is 9.59 Å². The third-order valence-electron chi connectivity index (χ3n) is 4.37. The van der Waals surface area contributed by atoms with Gasteiger partial charge in [0, 0.05) is 12.5 Å². The Hall–Kier alpha value is -2.72. The summed E-state index contributed by atoms with van der Waals surface area (Å²) in [4.78, 5) is 24.7. The molecule has 0 saturated heterocycles. The summed E-state index contributed by atoms with van der Waals surface area (Å²) in [6.45, 7) is 3.90. The van der Waals surface area contributed by atoms with Crippen LogP contribution in [0.25, 0.3) is 6.08 Å². The lowest BCUT2D eigenvalue weighted by molar-refractivity contribution is -0.144. The average molecular weight is 365 g/mol. The van der Waals surface area contributed by atoms with Gasteiger partial charge in [-0.05, 0) is 23.1 Å². The number of hydrogen-bond donors (Lipinski definition) is 1. The van der Waals surface area contributed by atoms with Crippen LogP contribution in [0.3, 0.4) is 0 Å². The number of hydrogen-bond acceptors (Lipinski definition) is 4. The highest BCUT2D eigenvalue weighted by Gasteiger charge is 2.27. The first-order valence-electron chi connectivity index (χ1n) is 9.16. The van der Waals surface area contributed by atoms with Crippen LogP contribution in [0.5, 0.6) is 0 Å². The molecule has 0 saturated carbocycles. The van der Waals surface area contributed by atoms with Gasteiger partial charge in [-0.3, -0.25) is 14.9 Å².